The third-order valence-electron chi connectivity index (χ3n) is 2.91. The molecule has 0 radical (unpaired) electrons. The second-order valence-corrected chi connectivity index (χ2v) is 5.04. The Morgan fingerprint density at radius 1 is 1.50 bits per heavy atom. The summed E-state index contributed by atoms with van der Waals surface area (Å²) in [5.74, 6) is 0.553. The van der Waals surface area contributed by atoms with Crippen molar-refractivity contribution in [1.29, 1.82) is 0 Å². The lowest BCUT2D eigenvalue weighted by Gasteiger charge is -2.22. The molecule has 5 heteroatoms. The molecule has 0 spiro atoms. The van der Waals surface area contributed by atoms with Gasteiger partial charge in [-0.05, 0) is 38.0 Å². The van der Waals surface area contributed by atoms with Crippen molar-refractivity contribution in [2.45, 2.75) is 39.2 Å². The highest BCUT2D eigenvalue weighted by Gasteiger charge is 2.19. The number of pyridine rings is 1. The monoisotopic (exact) mass is 248 g/mol. The molecule has 0 aliphatic carbocycles. The first-order valence-electron chi connectivity index (χ1n) is 6.29. The fraction of sp³-hybridized carbons (Fsp3) is 0.538. The third kappa shape index (κ3) is 2.98. The van der Waals surface area contributed by atoms with E-state index in [4.69, 9.17) is 0 Å². The minimum Gasteiger partial charge on any atom is -0.388 e. The first-order valence-corrected chi connectivity index (χ1v) is 6.29. The molecule has 2 rings (SSSR count). The number of nitrogens with zero attached hydrogens (tertiary/aromatic N) is 3. The van der Waals surface area contributed by atoms with Gasteiger partial charge in [0.05, 0.1) is 5.60 Å². The van der Waals surface area contributed by atoms with Crippen LogP contribution in [0, 0.1) is 6.92 Å². The second-order valence-electron chi connectivity index (χ2n) is 5.04. The zero-order valence-electron chi connectivity index (χ0n) is 11.1. The number of anilines is 1. The molecular weight excluding hydrogens is 228 g/mol. The van der Waals surface area contributed by atoms with E-state index in [2.05, 4.69) is 22.3 Å². The van der Waals surface area contributed by atoms with Gasteiger partial charge in [0.1, 0.15) is 0 Å². The molecule has 0 aliphatic heterocycles. The molecule has 0 aromatic carbocycles. The molecule has 2 aromatic rings. The number of aryl methyl sites for hydroxylation is 1. The Hall–Kier alpha value is -1.62. The summed E-state index contributed by atoms with van der Waals surface area (Å²) in [4.78, 5) is 4.37. The molecule has 0 fully saturated rings. The van der Waals surface area contributed by atoms with Gasteiger partial charge in [0, 0.05) is 12.7 Å². The predicted octanol–water partition coefficient (Wildman–Crippen LogP) is 2.00. The molecule has 98 valence electrons. The zero-order chi connectivity index (χ0) is 13.2. The highest BCUT2D eigenvalue weighted by molar-refractivity contribution is 5.45. The molecule has 18 heavy (non-hydrogen) atoms. The summed E-state index contributed by atoms with van der Waals surface area (Å²) >= 11 is 0. The number of hydrogen-bond acceptors (Lipinski definition) is 4. The average Bonchev–Trinajstić information content (AvgIpc) is 2.68. The Bertz CT molecular complexity index is 533. The Balaban J connectivity index is 2.08. The Morgan fingerprint density at radius 2 is 2.28 bits per heavy atom. The fourth-order valence-electron chi connectivity index (χ4n) is 1.95. The number of fused-ring (bicyclic) bond motifs is 1. The van der Waals surface area contributed by atoms with Gasteiger partial charge in [-0.15, -0.1) is 5.10 Å². The maximum atomic E-state index is 10.1. The van der Waals surface area contributed by atoms with E-state index < -0.39 is 5.60 Å². The maximum Gasteiger partial charge on any atom is 0.243 e. The molecule has 1 atom stereocenters. The van der Waals surface area contributed by atoms with Crippen molar-refractivity contribution in [3.63, 3.8) is 0 Å². The minimum atomic E-state index is -0.720. The summed E-state index contributed by atoms with van der Waals surface area (Å²) in [5, 5.41) is 17.5. The van der Waals surface area contributed by atoms with Crippen LogP contribution < -0.4 is 5.32 Å². The van der Waals surface area contributed by atoms with Gasteiger partial charge in [0.2, 0.25) is 5.95 Å². The van der Waals surface area contributed by atoms with Gasteiger partial charge < -0.3 is 10.4 Å². The van der Waals surface area contributed by atoms with E-state index in [9.17, 15) is 5.11 Å². The minimum absolute atomic E-state index is 0.455. The summed E-state index contributed by atoms with van der Waals surface area (Å²) in [6.07, 6.45) is 3.59. The molecular formula is C13H20N4O. The van der Waals surface area contributed by atoms with Gasteiger partial charge in [0.15, 0.2) is 5.65 Å². The molecule has 0 amide bonds. The first-order chi connectivity index (χ1) is 8.50. The lowest BCUT2D eigenvalue weighted by Crippen LogP contribution is -2.33. The first kappa shape index (κ1) is 12.8. The van der Waals surface area contributed by atoms with Crippen molar-refractivity contribution in [3.05, 3.63) is 23.9 Å². The van der Waals surface area contributed by atoms with E-state index in [0.29, 0.717) is 12.5 Å². The van der Waals surface area contributed by atoms with Crippen LogP contribution in [0.2, 0.25) is 0 Å². The van der Waals surface area contributed by atoms with Gasteiger partial charge in [-0.1, -0.05) is 13.3 Å². The van der Waals surface area contributed by atoms with Gasteiger partial charge in [0.25, 0.3) is 0 Å². The van der Waals surface area contributed by atoms with Crippen molar-refractivity contribution in [3.8, 4) is 0 Å². The van der Waals surface area contributed by atoms with Crippen molar-refractivity contribution in [2.75, 3.05) is 11.9 Å². The van der Waals surface area contributed by atoms with E-state index >= 15 is 0 Å². The third-order valence-corrected chi connectivity index (χ3v) is 2.91. The number of aromatic nitrogens is 3. The van der Waals surface area contributed by atoms with E-state index in [1.165, 1.54) is 0 Å². The molecule has 1 unspecified atom stereocenters. The zero-order valence-corrected chi connectivity index (χ0v) is 11.1. The average molecular weight is 248 g/mol. The standard InChI is InChI=1S/C13H20N4O/c1-4-6-13(3,18)9-14-12-15-11-8-10(2)5-7-17(11)16-12/h5,7-8,18H,4,6,9H2,1-3H3,(H,14,16). The summed E-state index contributed by atoms with van der Waals surface area (Å²) in [5.41, 5.74) is 1.24. The van der Waals surface area contributed by atoms with E-state index in [-0.39, 0.29) is 0 Å². The normalized spacial score (nSPS) is 14.7. The SMILES string of the molecule is CCCC(C)(O)CNc1nc2cc(C)ccn2n1. The van der Waals surface area contributed by atoms with Crippen molar-refractivity contribution in [1.82, 2.24) is 14.6 Å². The Morgan fingerprint density at radius 3 is 3.00 bits per heavy atom. The van der Waals surface area contributed by atoms with Crippen LogP contribution in [0.1, 0.15) is 32.3 Å². The summed E-state index contributed by atoms with van der Waals surface area (Å²) in [6.45, 7) is 6.36. The van der Waals surface area contributed by atoms with E-state index in [0.717, 1.165) is 24.1 Å². The molecule has 0 aliphatic rings. The van der Waals surface area contributed by atoms with Crippen LogP contribution in [-0.4, -0.2) is 31.9 Å². The van der Waals surface area contributed by atoms with Crippen LogP contribution in [0.25, 0.3) is 5.65 Å². The molecule has 0 bridgehead atoms. The summed E-state index contributed by atoms with van der Waals surface area (Å²) in [7, 11) is 0. The van der Waals surface area contributed by atoms with E-state index in [1.54, 1.807) is 4.52 Å². The number of rotatable bonds is 5. The highest BCUT2D eigenvalue weighted by Crippen LogP contribution is 2.13. The Kier molecular flexibility index (Phi) is 3.52. The topological polar surface area (TPSA) is 62.5 Å². The number of hydrogen-bond donors (Lipinski definition) is 2. The van der Waals surface area contributed by atoms with Crippen LogP contribution in [0.3, 0.4) is 0 Å². The predicted molar refractivity (Wildman–Crippen MR) is 71.7 cm³/mol. The van der Waals surface area contributed by atoms with Gasteiger partial charge >= 0.3 is 0 Å². The Labute approximate surface area is 107 Å². The highest BCUT2D eigenvalue weighted by atomic mass is 16.3. The lowest BCUT2D eigenvalue weighted by molar-refractivity contribution is 0.0635. The number of aliphatic hydroxyl groups is 1. The molecule has 5 nitrogen and oxygen atoms in total. The number of nitrogens with one attached hydrogen (secondary N) is 1. The smallest absolute Gasteiger partial charge is 0.243 e. The second kappa shape index (κ2) is 4.94. The largest absolute Gasteiger partial charge is 0.388 e. The molecule has 2 N–H and O–H groups in total. The van der Waals surface area contributed by atoms with Gasteiger partial charge in [-0.25, -0.2) is 4.52 Å². The van der Waals surface area contributed by atoms with Crippen LogP contribution in [0.5, 0.6) is 0 Å². The van der Waals surface area contributed by atoms with Crippen molar-refractivity contribution in [2.24, 2.45) is 0 Å². The van der Waals surface area contributed by atoms with Crippen molar-refractivity contribution >= 4 is 11.6 Å². The van der Waals surface area contributed by atoms with Gasteiger partial charge in [-0.3, -0.25) is 0 Å². The summed E-state index contributed by atoms with van der Waals surface area (Å²) in [6, 6.07) is 3.96. The fourth-order valence-corrected chi connectivity index (χ4v) is 1.95. The molecule has 0 saturated carbocycles. The van der Waals surface area contributed by atoms with E-state index in [1.807, 2.05) is 32.2 Å². The lowest BCUT2D eigenvalue weighted by atomic mass is 10.0. The maximum absolute atomic E-state index is 10.1. The van der Waals surface area contributed by atoms with Crippen LogP contribution >= 0.6 is 0 Å². The van der Waals surface area contributed by atoms with Crippen LogP contribution in [0.4, 0.5) is 5.95 Å². The summed E-state index contributed by atoms with van der Waals surface area (Å²) < 4.78 is 1.73. The van der Waals surface area contributed by atoms with Crippen LogP contribution in [0.15, 0.2) is 18.3 Å². The molecule has 0 saturated heterocycles. The van der Waals surface area contributed by atoms with Crippen molar-refractivity contribution < 1.29 is 5.11 Å². The van der Waals surface area contributed by atoms with Crippen LogP contribution in [-0.2, 0) is 0 Å². The quantitative estimate of drug-likeness (QED) is 0.849. The molecule has 2 aromatic heterocycles. The van der Waals surface area contributed by atoms with Gasteiger partial charge in [-0.2, -0.15) is 4.98 Å². The molecule has 2 heterocycles.